The molecule has 100 valence electrons. The lowest BCUT2D eigenvalue weighted by Gasteiger charge is -2.16. The average molecular weight is 402 g/mol. The molecule has 18 heavy (non-hydrogen) atoms. The van der Waals surface area contributed by atoms with Crippen molar-refractivity contribution in [2.24, 2.45) is 0 Å². The van der Waals surface area contributed by atoms with E-state index >= 15 is 0 Å². The van der Waals surface area contributed by atoms with Crippen LogP contribution in [0.4, 0.5) is 5.69 Å². The summed E-state index contributed by atoms with van der Waals surface area (Å²) in [6.45, 7) is 0. The number of nitrogens with one attached hydrogen (secondary N) is 1. The highest BCUT2D eigenvalue weighted by atomic mass is 79.9. The zero-order valence-electron chi connectivity index (χ0n) is 9.44. The molecule has 0 bridgehead atoms. The van der Waals surface area contributed by atoms with Crippen LogP contribution in [0.2, 0.25) is 0 Å². The van der Waals surface area contributed by atoms with Crippen LogP contribution in [-0.2, 0) is 10.2 Å². The lowest BCUT2D eigenvalue weighted by atomic mass is 10.2. The lowest BCUT2D eigenvalue weighted by Crippen LogP contribution is -2.29. The number of carbonyl (C=O) groups is 1. The number of rotatable bonds is 4. The van der Waals surface area contributed by atoms with Crippen LogP contribution in [0.5, 0.6) is 0 Å². The van der Waals surface area contributed by atoms with Crippen molar-refractivity contribution in [2.45, 2.75) is 0 Å². The number of nitrogens with zero attached hydrogens (tertiary/aromatic N) is 1. The van der Waals surface area contributed by atoms with Gasteiger partial charge in [-0.05, 0) is 28.1 Å². The molecule has 0 fully saturated rings. The van der Waals surface area contributed by atoms with Gasteiger partial charge < -0.3 is 5.11 Å². The minimum Gasteiger partial charge on any atom is -0.478 e. The van der Waals surface area contributed by atoms with Crippen LogP contribution >= 0.6 is 31.9 Å². The van der Waals surface area contributed by atoms with Crippen molar-refractivity contribution < 1.29 is 18.3 Å². The number of hydrogen-bond donors (Lipinski definition) is 2. The Hall–Kier alpha value is -0.640. The third-order valence-electron chi connectivity index (χ3n) is 2.00. The van der Waals surface area contributed by atoms with Crippen LogP contribution in [0, 0.1) is 0 Å². The molecule has 9 heteroatoms. The quantitative estimate of drug-likeness (QED) is 0.808. The number of carboxylic acid groups (broad SMARTS) is 1. The maximum atomic E-state index is 11.7. The number of carboxylic acids is 1. The Morgan fingerprint density at radius 2 is 1.89 bits per heavy atom. The van der Waals surface area contributed by atoms with Gasteiger partial charge in [0.2, 0.25) is 0 Å². The zero-order chi connectivity index (χ0) is 14.1. The molecule has 0 heterocycles. The molecular weight excluding hydrogens is 392 g/mol. The zero-order valence-corrected chi connectivity index (χ0v) is 13.4. The highest BCUT2D eigenvalue weighted by Crippen LogP contribution is 2.31. The second-order valence-electron chi connectivity index (χ2n) is 3.50. The minimum absolute atomic E-state index is 0.0144. The summed E-state index contributed by atoms with van der Waals surface area (Å²) in [6.07, 6.45) is 0. The first kappa shape index (κ1) is 15.4. The molecule has 0 radical (unpaired) electrons. The monoisotopic (exact) mass is 400 g/mol. The molecule has 1 rings (SSSR count). The number of aromatic carboxylic acids is 1. The van der Waals surface area contributed by atoms with Crippen LogP contribution in [-0.4, -0.2) is 37.9 Å². The van der Waals surface area contributed by atoms with Gasteiger partial charge in [0.25, 0.3) is 0 Å². The van der Waals surface area contributed by atoms with Gasteiger partial charge in [-0.1, -0.05) is 15.9 Å². The first-order chi connectivity index (χ1) is 8.15. The van der Waals surface area contributed by atoms with E-state index in [-0.39, 0.29) is 11.3 Å². The largest absolute Gasteiger partial charge is 0.478 e. The SMILES string of the molecule is CN(C)S(=O)(=O)Nc1c(Br)cc(Br)cc1C(=O)O. The molecule has 0 aliphatic carbocycles. The van der Waals surface area contributed by atoms with Crippen LogP contribution in [0.15, 0.2) is 21.1 Å². The molecule has 0 amide bonds. The molecule has 1 aromatic carbocycles. The summed E-state index contributed by atoms with van der Waals surface area (Å²) >= 11 is 6.27. The van der Waals surface area contributed by atoms with Gasteiger partial charge in [0.15, 0.2) is 0 Å². The van der Waals surface area contributed by atoms with Crippen molar-refractivity contribution in [3.8, 4) is 0 Å². The van der Waals surface area contributed by atoms with Crippen LogP contribution in [0.25, 0.3) is 0 Å². The van der Waals surface area contributed by atoms with Crippen LogP contribution in [0.3, 0.4) is 0 Å². The van der Waals surface area contributed by atoms with E-state index < -0.39 is 16.2 Å². The molecule has 0 aromatic heterocycles. The van der Waals surface area contributed by atoms with Crippen molar-refractivity contribution in [2.75, 3.05) is 18.8 Å². The normalized spacial score (nSPS) is 11.6. The van der Waals surface area contributed by atoms with E-state index in [1.165, 1.54) is 20.2 Å². The molecule has 0 spiro atoms. The van der Waals surface area contributed by atoms with Crippen molar-refractivity contribution >= 4 is 53.7 Å². The summed E-state index contributed by atoms with van der Waals surface area (Å²) in [5.74, 6) is -1.23. The molecule has 0 aliphatic rings. The summed E-state index contributed by atoms with van der Waals surface area (Å²) in [6, 6.07) is 2.88. The minimum atomic E-state index is -3.77. The maximum Gasteiger partial charge on any atom is 0.337 e. The molecule has 6 nitrogen and oxygen atoms in total. The summed E-state index contributed by atoms with van der Waals surface area (Å²) in [5.41, 5.74) is -0.166. The van der Waals surface area contributed by atoms with Crippen molar-refractivity contribution in [3.63, 3.8) is 0 Å². The number of benzene rings is 1. The van der Waals surface area contributed by atoms with E-state index in [0.717, 1.165) is 4.31 Å². The van der Waals surface area contributed by atoms with Gasteiger partial charge in [-0.25, -0.2) is 4.79 Å². The van der Waals surface area contributed by atoms with Crippen molar-refractivity contribution in [3.05, 3.63) is 26.6 Å². The Morgan fingerprint density at radius 3 is 2.33 bits per heavy atom. The van der Waals surface area contributed by atoms with Gasteiger partial charge in [0.05, 0.1) is 11.3 Å². The van der Waals surface area contributed by atoms with Crippen molar-refractivity contribution in [1.29, 1.82) is 0 Å². The molecule has 0 saturated carbocycles. The Bertz CT molecular complexity index is 586. The summed E-state index contributed by atoms with van der Waals surface area (Å²) in [4.78, 5) is 11.1. The van der Waals surface area contributed by atoms with E-state index in [0.29, 0.717) is 8.95 Å². The van der Waals surface area contributed by atoms with Gasteiger partial charge in [0.1, 0.15) is 0 Å². The Balaban J connectivity index is 3.37. The van der Waals surface area contributed by atoms with E-state index in [1.807, 2.05) is 0 Å². The smallest absolute Gasteiger partial charge is 0.337 e. The second-order valence-corrected chi connectivity index (χ2v) is 7.16. The fraction of sp³-hybridized carbons (Fsp3) is 0.222. The third-order valence-corrected chi connectivity index (χ3v) is 4.50. The topological polar surface area (TPSA) is 86.7 Å². The first-order valence-corrected chi connectivity index (χ1v) is 7.60. The molecule has 1 aromatic rings. The lowest BCUT2D eigenvalue weighted by molar-refractivity contribution is 0.0698. The first-order valence-electron chi connectivity index (χ1n) is 4.57. The molecule has 0 atom stereocenters. The predicted octanol–water partition coefficient (Wildman–Crippen LogP) is 2.13. The highest BCUT2D eigenvalue weighted by molar-refractivity contribution is 9.11. The molecule has 2 N–H and O–H groups in total. The molecule has 0 unspecified atom stereocenters. The average Bonchev–Trinajstić information content (AvgIpc) is 2.21. The van der Waals surface area contributed by atoms with E-state index in [4.69, 9.17) is 5.11 Å². The van der Waals surface area contributed by atoms with Gasteiger partial charge in [0, 0.05) is 23.0 Å². The highest BCUT2D eigenvalue weighted by Gasteiger charge is 2.21. The fourth-order valence-corrected chi connectivity index (χ4v) is 3.18. The second kappa shape index (κ2) is 5.55. The maximum absolute atomic E-state index is 11.7. The standard InChI is InChI=1S/C9H10Br2N2O4S/c1-13(2)18(16,17)12-8-6(9(14)15)3-5(10)4-7(8)11/h3-4,12H,1-2H3,(H,14,15). The van der Waals surface area contributed by atoms with Crippen LogP contribution < -0.4 is 4.72 Å². The van der Waals surface area contributed by atoms with Crippen LogP contribution in [0.1, 0.15) is 10.4 Å². The predicted molar refractivity (Wildman–Crippen MR) is 75.0 cm³/mol. The molecule has 0 aliphatic heterocycles. The molecular formula is C9H10Br2N2O4S. The van der Waals surface area contributed by atoms with Crippen molar-refractivity contribution in [1.82, 2.24) is 4.31 Å². The number of halogens is 2. The summed E-state index contributed by atoms with van der Waals surface area (Å²) in [7, 11) is -1.08. The Morgan fingerprint density at radius 1 is 1.33 bits per heavy atom. The van der Waals surface area contributed by atoms with Gasteiger partial charge in [-0.2, -0.15) is 12.7 Å². The summed E-state index contributed by atoms with van der Waals surface area (Å²) in [5, 5.41) is 9.06. The van der Waals surface area contributed by atoms with Gasteiger partial charge >= 0.3 is 16.2 Å². The number of hydrogen-bond acceptors (Lipinski definition) is 3. The Labute approximate surface area is 121 Å². The van der Waals surface area contributed by atoms with Gasteiger partial charge in [-0.15, -0.1) is 0 Å². The third kappa shape index (κ3) is 3.44. The van der Waals surface area contributed by atoms with E-state index in [9.17, 15) is 13.2 Å². The number of anilines is 1. The van der Waals surface area contributed by atoms with Gasteiger partial charge in [-0.3, -0.25) is 4.72 Å². The van der Waals surface area contributed by atoms with E-state index in [1.54, 1.807) is 6.07 Å². The Kier molecular flexibility index (Phi) is 4.76. The summed E-state index contributed by atoms with van der Waals surface area (Å²) < 4.78 is 27.4. The molecule has 0 saturated heterocycles. The van der Waals surface area contributed by atoms with E-state index in [2.05, 4.69) is 36.6 Å². The fourth-order valence-electron chi connectivity index (χ4n) is 1.07.